The van der Waals surface area contributed by atoms with Gasteiger partial charge in [-0.05, 0) is 30.5 Å². The summed E-state index contributed by atoms with van der Waals surface area (Å²) in [5, 5.41) is 21.3. The largest absolute Gasteiger partial charge is 0.478 e. The van der Waals surface area contributed by atoms with E-state index in [0.29, 0.717) is 18.2 Å². The van der Waals surface area contributed by atoms with E-state index in [1.165, 1.54) is 37.8 Å². The molecule has 1 amide bonds. The zero-order valence-corrected chi connectivity index (χ0v) is 18.7. The van der Waals surface area contributed by atoms with Gasteiger partial charge in [-0.2, -0.15) is 0 Å². The van der Waals surface area contributed by atoms with Crippen molar-refractivity contribution in [3.05, 3.63) is 71.0 Å². The Kier molecular flexibility index (Phi) is 7.06. The molecule has 0 unspecified atom stereocenters. The number of H-pyrrole nitrogens is 1. The van der Waals surface area contributed by atoms with Crippen LogP contribution in [0.1, 0.15) is 75.4 Å². The van der Waals surface area contributed by atoms with Crippen LogP contribution in [0.4, 0.5) is 5.69 Å². The summed E-state index contributed by atoms with van der Waals surface area (Å²) in [7, 11) is 0. The fourth-order valence-electron chi connectivity index (χ4n) is 4.47. The zero-order valence-electron chi connectivity index (χ0n) is 18.7. The number of carboxylic acids is 2. The summed E-state index contributed by atoms with van der Waals surface area (Å²) < 4.78 is 0. The van der Waals surface area contributed by atoms with E-state index in [1.54, 1.807) is 0 Å². The highest BCUT2D eigenvalue weighted by Gasteiger charge is 2.23. The number of nitrogens with zero attached hydrogens (tertiary/aromatic N) is 1. The number of amides is 1. The zero-order chi connectivity index (χ0) is 24.1. The van der Waals surface area contributed by atoms with Crippen molar-refractivity contribution in [3.8, 4) is 11.4 Å². The topological polar surface area (TPSA) is 132 Å². The Morgan fingerprint density at radius 2 is 1.53 bits per heavy atom. The molecule has 0 aliphatic heterocycles. The van der Waals surface area contributed by atoms with Crippen molar-refractivity contribution in [3.63, 3.8) is 0 Å². The molecule has 1 fully saturated rings. The Morgan fingerprint density at radius 1 is 0.912 bits per heavy atom. The van der Waals surface area contributed by atoms with Crippen LogP contribution in [0.5, 0.6) is 0 Å². The number of imidazole rings is 1. The van der Waals surface area contributed by atoms with Gasteiger partial charge < -0.3 is 20.5 Å². The second-order valence-electron chi connectivity index (χ2n) is 8.70. The molecule has 1 aromatic heterocycles. The summed E-state index contributed by atoms with van der Waals surface area (Å²) >= 11 is 0. The van der Waals surface area contributed by atoms with E-state index in [4.69, 9.17) is 0 Å². The van der Waals surface area contributed by atoms with Crippen molar-refractivity contribution in [2.75, 3.05) is 5.32 Å². The maximum Gasteiger partial charge on any atom is 0.335 e. The fraction of sp³-hybridized carbons (Fsp3) is 0.308. The van der Waals surface area contributed by atoms with Crippen molar-refractivity contribution >= 4 is 23.5 Å². The van der Waals surface area contributed by atoms with Crippen LogP contribution in [0.25, 0.3) is 11.4 Å². The molecule has 0 bridgehead atoms. The lowest BCUT2D eigenvalue weighted by molar-refractivity contribution is 0.0696. The van der Waals surface area contributed by atoms with Crippen molar-refractivity contribution in [1.29, 1.82) is 0 Å². The highest BCUT2D eigenvalue weighted by Crippen LogP contribution is 2.28. The molecule has 3 aromatic rings. The lowest BCUT2D eigenvalue weighted by atomic mass is 9.94. The monoisotopic (exact) mass is 461 g/mol. The molecule has 0 saturated heterocycles. The number of hydrogen-bond acceptors (Lipinski definition) is 4. The van der Waals surface area contributed by atoms with Gasteiger partial charge in [0, 0.05) is 16.9 Å². The SMILES string of the molecule is O=C(O)c1cc(NC(=O)c2nc(-c3ccccc3)[nH]c2CC2CCCCCC2)cc(C(=O)O)c1. The smallest absolute Gasteiger partial charge is 0.335 e. The predicted octanol–water partition coefficient (Wildman–Crippen LogP) is 5.24. The molecule has 0 atom stereocenters. The van der Waals surface area contributed by atoms with Gasteiger partial charge in [-0.3, -0.25) is 4.79 Å². The number of carboxylic acid groups (broad SMARTS) is 2. The summed E-state index contributed by atoms with van der Waals surface area (Å²) in [6.45, 7) is 0. The first-order chi connectivity index (χ1) is 16.4. The molecular formula is C26H27N3O5. The fourth-order valence-corrected chi connectivity index (χ4v) is 4.47. The molecule has 8 nitrogen and oxygen atoms in total. The van der Waals surface area contributed by atoms with Gasteiger partial charge in [0.1, 0.15) is 11.5 Å². The van der Waals surface area contributed by atoms with Crippen LogP contribution in [-0.4, -0.2) is 38.0 Å². The van der Waals surface area contributed by atoms with Gasteiger partial charge in [-0.25, -0.2) is 14.6 Å². The minimum absolute atomic E-state index is 0.0898. The number of hydrogen-bond donors (Lipinski definition) is 4. The Bertz CT molecular complexity index is 1160. The lowest BCUT2D eigenvalue weighted by Gasteiger charge is -2.14. The van der Waals surface area contributed by atoms with Gasteiger partial charge >= 0.3 is 11.9 Å². The first-order valence-corrected chi connectivity index (χ1v) is 11.5. The van der Waals surface area contributed by atoms with Crippen LogP contribution in [0.2, 0.25) is 0 Å². The van der Waals surface area contributed by atoms with Crippen LogP contribution < -0.4 is 5.32 Å². The van der Waals surface area contributed by atoms with Gasteiger partial charge in [0.05, 0.1) is 11.1 Å². The van der Waals surface area contributed by atoms with Crippen LogP contribution in [0.3, 0.4) is 0 Å². The minimum atomic E-state index is -1.28. The van der Waals surface area contributed by atoms with E-state index < -0.39 is 17.8 Å². The second kappa shape index (κ2) is 10.3. The molecule has 0 spiro atoms. The van der Waals surface area contributed by atoms with E-state index in [9.17, 15) is 24.6 Å². The molecule has 1 heterocycles. The molecule has 4 N–H and O–H groups in total. The molecule has 1 saturated carbocycles. The number of carbonyl (C=O) groups excluding carboxylic acids is 1. The van der Waals surface area contributed by atoms with Crippen molar-refractivity contribution < 1.29 is 24.6 Å². The van der Waals surface area contributed by atoms with E-state index in [-0.39, 0.29) is 22.5 Å². The minimum Gasteiger partial charge on any atom is -0.478 e. The summed E-state index contributed by atoms with van der Waals surface area (Å²) in [4.78, 5) is 44.0. The molecule has 1 aliphatic carbocycles. The van der Waals surface area contributed by atoms with Crippen LogP contribution >= 0.6 is 0 Å². The molecule has 34 heavy (non-hydrogen) atoms. The van der Waals surface area contributed by atoms with Gasteiger partial charge in [-0.1, -0.05) is 68.9 Å². The number of carbonyl (C=O) groups is 3. The van der Waals surface area contributed by atoms with Crippen LogP contribution in [0, 0.1) is 5.92 Å². The molecule has 1 aliphatic rings. The van der Waals surface area contributed by atoms with Crippen molar-refractivity contribution in [2.24, 2.45) is 5.92 Å². The molecule has 176 valence electrons. The number of anilines is 1. The Morgan fingerprint density at radius 3 is 2.12 bits per heavy atom. The van der Waals surface area contributed by atoms with Crippen LogP contribution in [0.15, 0.2) is 48.5 Å². The number of aromatic nitrogens is 2. The van der Waals surface area contributed by atoms with Crippen molar-refractivity contribution in [1.82, 2.24) is 9.97 Å². The van der Waals surface area contributed by atoms with Crippen LogP contribution in [-0.2, 0) is 6.42 Å². The number of nitrogens with one attached hydrogen (secondary N) is 2. The number of benzene rings is 2. The summed E-state index contributed by atoms with van der Waals surface area (Å²) in [6, 6.07) is 13.0. The predicted molar refractivity (Wildman–Crippen MR) is 127 cm³/mol. The maximum atomic E-state index is 13.3. The van der Waals surface area contributed by atoms with E-state index in [1.807, 2.05) is 30.3 Å². The van der Waals surface area contributed by atoms with Gasteiger partial charge in [-0.15, -0.1) is 0 Å². The third-order valence-electron chi connectivity index (χ3n) is 6.19. The molecule has 2 aromatic carbocycles. The highest BCUT2D eigenvalue weighted by molar-refractivity contribution is 6.05. The standard InChI is InChI=1S/C26H27N3O5/c30-24(27-20-14-18(25(31)32)13-19(15-20)26(33)34)22-21(12-16-8-4-1-2-5-9-16)28-23(29-22)17-10-6-3-7-11-17/h3,6-7,10-11,13-16H,1-2,4-5,8-9,12H2,(H,27,30)(H,28,29)(H,31,32)(H,33,34). The second-order valence-corrected chi connectivity index (χ2v) is 8.70. The summed E-state index contributed by atoms with van der Waals surface area (Å²) in [5.41, 5.74) is 1.47. The lowest BCUT2D eigenvalue weighted by Crippen LogP contribution is -2.17. The Labute approximate surface area is 197 Å². The highest BCUT2D eigenvalue weighted by atomic mass is 16.4. The van der Waals surface area contributed by atoms with Gasteiger partial charge in [0.25, 0.3) is 5.91 Å². The van der Waals surface area contributed by atoms with Gasteiger partial charge in [0.15, 0.2) is 0 Å². The molecule has 0 radical (unpaired) electrons. The first kappa shape index (κ1) is 23.2. The molecule has 8 heteroatoms. The Hall–Kier alpha value is -3.94. The average Bonchev–Trinajstić information content (AvgIpc) is 3.07. The first-order valence-electron chi connectivity index (χ1n) is 11.5. The molecule has 4 rings (SSSR count). The number of aromatic amines is 1. The van der Waals surface area contributed by atoms with Gasteiger partial charge in [0.2, 0.25) is 0 Å². The number of rotatable bonds is 7. The summed E-state index contributed by atoms with van der Waals surface area (Å²) in [6.07, 6.45) is 7.70. The summed E-state index contributed by atoms with van der Waals surface area (Å²) in [5.74, 6) is -2.04. The Balaban J connectivity index is 1.66. The van der Waals surface area contributed by atoms with E-state index in [0.717, 1.165) is 30.2 Å². The maximum absolute atomic E-state index is 13.3. The quantitative estimate of drug-likeness (QED) is 0.356. The van der Waals surface area contributed by atoms with E-state index in [2.05, 4.69) is 15.3 Å². The van der Waals surface area contributed by atoms with Crippen molar-refractivity contribution in [2.45, 2.75) is 44.9 Å². The molecular weight excluding hydrogens is 434 g/mol. The average molecular weight is 462 g/mol. The third kappa shape index (κ3) is 5.51. The normalized spacial score (nSPS) is 14.4. The third-order valence-corrected chi connectivity index (χ3v) is 6.19. The van der Waals surface area contributed by atoms with E-state index >= 15 is 0 Å². The number of aromatic carboxylic acids is 2.